The minimum absolute atomic E-state index is 0.255. The molecule has 1 fully saturated rings. The Labute approximate surface area is 131 Å². The highest BCUT2D eigenvalue weighted by molar-refractivity contribution is 5.68. The summed E-state index contributed by atoms with van der Waals surface area (Å²) in [5.74, 6) is 1.53. The molecule has 0 radical (unpaired) electrons. The fourth-order valence-corrected chi connectivity index (χ4v) is 2.21. The van der Waals surface area contributed by atoms with E-state index in [0.29, 0.717) is 25.5 Å². The fourth-order valence-electron chi connectivity index (χ4n) is 2.21. The lowest BCUT2D eigenvalue weighted by Crippen LogP contribution is -2.50. The highest BCUT2D eigenvalue weighted by Gasteiger charge is 2.26. The second-order valence-corrected chi connectivity index (χ2v) is 6.22. The van der Waals surface area contributed by atoms with Crippen LogP contribution in [0.15, 0.2) is 12.3 Å². The van der Waals surface area contributed by atoms with Gasteiger partial charge in [-0.1, -0.05) is 0 Å². The molecule has 1 aliphatic heterocycles. The SMILES string of the molecule is COCc1nccc(N2CCN(C(=O)OC(C)(C)C)CC2)n1. The molecule has 1 amide bonds. The standard InChI is InChI=1S/C15H24N4O3/c1-15(2,3)22-14(20)19-9-7-18(8-10-19)13-5-6-16-12(17-13)11-21-4/h5-6H,7-11H2,1-4H3. The zero-order valence-electron chi connectivity index (χ0n) is 13.7. The number of amides is 1. The molecule has 7 heteroatoms. The Morgan fingerprint density at radius 3 is 2.55 bits per heavy atom. The highest BCUT2D eigenvalue weighted by Crippen LogP contribution is 2.16. The van der Waals surface area contributed by atoms with Gasteiger partial charge in [0.25, 0.3) is 0 Å². The van der Waals surface area contributed by atoms with Crippen molar-refractivity contribution in [3.63, 3.8) is 0 Å². The van der Waals surface area contributed by atoms with Gasteiger partial charge in [0.2, 0.25) is 0 Å². The van der Waals surface area contributed by atoms with Crippen LogP contribution in [0.5, 0.6) is 0 Å². The third-order valence-corrected chi connectivity index (χ3v) is 3.22. The molecule has 0 aliphatic carbocycles. The van der Waals surface area contributed by atoms with Crippen molar-refractivity contribution in [2.24, 2.45) is 0 Å². The van der Waals surface area contributed by atoms with Crippen molar-refractivity contribution in [1.29, 1.82) is 0 Å². The fraction of sp³-hybridized carbons (Fsp3) is 0.667. The van der Waals surface area contributed by atoms with Gasteiger partial charge < -0.3 is 19.3 Å². The molecule has 2 rings (SSSR count). The molecule has 122 valence electrons. The van der Waals surface area contributed by atoms with Gasteiger partial charge in [0, 0.05) is 39.5 Å². The minimum atomic E-state index is -0.462. The Morgan fingerprint density at radius 2 is 1.95 bits per heavy atom. The molecule has 2 heterocycles. The van der Waals surface area contributed by atoms with Gasteiger partial charge >= 0.3 is 6.09 Å². The molecule has 0 aromatic carbocycles. The number of nitrogens with zero attached hydrogens (tertiary/aromatic N) is 4. The highest BCUT2D eigenvalue weighted by atomic mass is 16.6. The number of ether oxygens (including phenoxy) is 2. The summed E-state index contributed by atoms with van der Waals surface area (Å²) in [6.07, 6.45) is 1.48. The van der Waals surface area contributed by atoms with Crippen LogP contribution in [-0.4, -0.2) is 59.9 Å². The minimum Gasteiger partial charge on any atom is -0.444 e. The molecule has 0 spiro atoms. The van der Waals surface area contributed by atoms with Crippen LogP contribution in [0.25, 0.3) is 0 Å². The molecule has 0 N–H and O–H groups in total. The average molecular weight is 308 g/mol. The number of anilines is 1. The van der Waals surface area contributed by atoms with Crippen LogP contribution in [0, 0.1) is 0 Å². The van der Waals surface area contributed by atoms with Crippen LogP contribution >= 0.6 is 0 Å². The number of hydrogen-bond acceptors (Lipinski definition) is 6. The zero-order chi connectivity index (χ0) is 16.2. The smallest absolute Gasteiger partial charge is 0.410 e. The van der Waals surface area contributed by atoms with Crippen LogP contribution in [0.3, 0.4) is 0 Å². The van der Waals surface area contributed by atoms with Gasteiger partial charge in [-0.15, -0.1) is 0 Å². The number of piperazine rings is 1. The molecule has 0 saturated carbocycles. The molecule has 1 aromatic heterocycles. The molecule has 0 bridgehead atoms. The largest absolute Gasteiger partial charge is 0.444 e. The number of carbonyl (C=O) groups excluding carboxylic acids is 1. The quantitative estimate of drug-likeness (QED) is 0.846. The van der Waals surface area contributed by atoms with E-state index in [2.05, 4.69) is 14.9 Å². The Hall–Kier alpha value is -1.89. The van der Waals surface area contributed by atoms with E-state index >= 15 is 0 Å². The first-order valence-electron chi connectivity index (χ1n) is 7.43. The van der Waals surface area contributed by atoms with Crippen LogP contribution in [-0.2, 0) is 16.1 Å². The van der Waals surface area contributed by atoms with Crippen molar-refractivity contribution < 1.29 is 14.3 Å². The van der Waals surface area contributed by atoms with E-state index < -0.39 is 5.60 Å². The normalized spacial score (nSPS) is 15.8. The first-order chi connectivity index (χ1) is 10.4. The van der Waals surface area contributed by atoms with Crippen molar-refractivity contribution in [3.05, 3.63) is 18.1 Å². The van der Waals surface area contributed by atoms with Crippen LogP contribution in [0.2, 0.25) is 0 Å². The maximum Gasteiger partial charge on any atom is 0.410 e. The molecule has 1 aliphatic rings. The summed E-state index contributed by atoms with van der Waals surface area (Å²) >= 11 is 0. The molecular formula is C15H24N4O3. The summed E-state index contributed by atoms with van der Waals surface area (Å²) in [6.45, 7) is 8.71. The van der Waals surface area contributed by atoms with Crippen molar-refractivity contribution in [2.45, 2.75) is 33.0 Å². The summed E-state index contributed by atoms with van der Waals surface area (Å²) in [7, 11) is 1.62. The third-order valence-electron chi connectivity index (χ3n) is 3.22. The Balaban J connectivity index is 1.92. The first-order valence-corrected chi connectivity index (χ1v) is 7.43. The lowest BCUT2D eigenvalue weighted by molar-refractivity contribution is 0.0240. The number of hydrogen-bond donors (Lipinski definition) is 0. The van der Waals surface area contributed by atoms with Gasteiger partial charge in [-0.25, -0.2) is 14.8 Å². The van der Waals surface area contributed by atoms with Crippen molar-refractivity contribution in [1.82, 2.24) is 14.9 Å². The monoisotopic (exact) mass is 308 g/mol. The summed E-state index contributed by atoms with van der Waals surface area (Å²) in [4.78, 5) is 24.5. The third kappa shape index (κ3) is 4.56. The van der Waals surface area contributed by atoms with E-state index in [1.807, 2.05) is 26.8 Å². The van der Waals surface area contributed by atoms with Gasteiger partial charge in [0.1, 0.15) is 18.0 Å². The molecule has 0 atom stereocenters. The van der Waals surface area contributed by atoms with Gasteiger partial charge in [-0.05, 0) is 26.8 Å². The number of rotatable bonds is 3. The summed E-state index contributed by atoms with van der Waals surface area (Å²) in [5, 5.41) is 0. The zero-order valence-corrected chi connectivity index (χ0v) is 13.7. The molecule has 22 heavy (non-hydrogen) atoms. The van der Waals surface area contributed by atoms with Gasteiger partial charge in [0.05, 0.1) is 0 Å². The average Bonchev–Trinajstić information content (AvgIpc) is 2.46. The van der Waals surface area contributed by atoms with E-state index in [1.165, 1.54) is 0 Å². The maximum atomic E-state index is 12.0. The van der Waals surface area contributed by atoms with E-state index in [9.17, 15) is 4.79 Å². The van der Waals surface area contributed by atoms with Crippen molar-refractivity contribution >= 4 is 11.9 Å². The van der Waals surface area contributed by atoms with E-state index in [1.54, 1.807) is 18.2 Å². The van der Waals surface area contributed by atoms with Crippen LogP contribution < -0.4 is 4.90 Å². The maximum absolute atomic E-state index is 12.0. The first kappa shape index (κ1) is 16.5. The predicted molar refractivity (Wildman–Crippen MR) is 82.8 cm³/mol. The van der Waals surface area contributed by atoms with Gasteiger partial charge in [0.15, 0.2) is 5.82 Å². The Kier molecular flexibility index (Phi) is 5.18. The summed E-state index contributed by atoms with van der Waals surface area (Å²) in [6, 6.07) is 1.88. The Morgan fingerprint density at radius 1 is 1.27 bits per heavy atom. The van der Waals surface area contributed by atoms with Crippen molar-refractivity contribution in [3.8, 4) is 0 Å². The second kappa shape index (κ2) is 6.91. The number of aromatic nitrogens is 2. The van der Waals surface area contributed by atoms with E-state index in [-0.39, 0.29) is 6.09 Å². The van der Waals surface area contributed by atoms with Crippen LogP contribution in [0.4, 0.5) is 10.6 Å². The summed E-state index contributed by atoms with van der Waals surface area (Å²) < 4.78 is 10.4. The molecule has 7 nitrogen and oxygen atoms in total. The molecule has 1 aromatic rings. The number of methoxy groups -OCH3 is 1. The van der Waals surface area contributed by atoms with Gasteiger partial charge in [-0.2, -0.15) is 0 Å². The summed E-state index contributed by atoms with van der Waals surface area (Å²) in [5.41, 5.74) is -0.462. The van der Waals surface area contributed by atoms with E-state index in [0.717, 1.165) is 18.9 Å². The lowest BCUT2D eigenvalue weighted by Gasteiger charge is -2.36. The van der Waals surface area contributed by atoms with Crippen LogP contribution in [0.1, 0.15) is 26.6 Å². The molecule has 1 saturated heterocycles. The Bertz CT molecular complexity index is 508. The predicted octanol–water partition coefficient (Wildman–Crippen LogP) is 1.68. The second-order valence-electron chi connectivity index (χ2n) is 6.22. The lowest BCUT2D eigenvalue weighted by atomic mass is 10.2. The molecule has 0 unspecified atom stereocenters. The number of carbonyl (C=O) groups is 1. The molecular weight excluding hydrogens is 284 g/mol. The van der Waals surface area contributed by atoms with Crippen molar-refractivity contribution in [2.75, 3.05) is 38.2 Å². The van der Waals surface area contributed by atoms with E-state index in [4.69, 9.17) is 9.47 Å². The van der Waals surface area contributed by atoms with Gasteiger partial charge in [-0.3, -0.25) is 0 Å². The topological polar surface area (TPSA) is 67.8 Å².